The predicted molar refractivity (Wildman–Crippen MR) is 126 cm³/mol. The first-order valence-corrected chi connectivity index (χ1v) is 10.7. The Morgan fingerprint density at radius 3 is 2.27 bits per heavy atom. The van der Waals surface area contributed by atoms with Gasteiger partial charge in [-0.3, -0.25) is 9.59 Å². The summed E-state index contributed by atoms with van der Waals surface area (Å²) in [7, 11) is 2.81. The number of methoxy groups -OCH3 is 2. The maximum Gasteiger partial charge on any atom is 0.259 e. The van der Waals surface area contributed by atoms with E-state index < -0.39 is 17.7 Å². The van der Waals surface area contributed by atoms with E-state index in [1.165, 1.54) is 21.1 Å². The molecule has 11 heteroatoms. The van der Waals surface area contributed by atoms with E-state index in [1.54, 1.807) is 31.2 Å². The average molecular weight is 498 g/mol. The van der Waals surface area contributed by atoms with E-state index >= 15 is 0 Å². The minimum atomic E-state index is -1.47. The molecule has 0 aromatic heterocycles. The van der Waals surface area contributed by atoms with E-state index in [4.69, 9.17) is 42.1 Å². The maximum atomic E-state index is 12.9. The lowest BCUT2D eigenvalue weighted by atomic mass is 10.2. The molecule has 2 aromatic rings. The Labute approximate surface area is 202 Å². The Morgan fingerprint density at radius 1 is 1.00 bits per heavy atom. The van der Waals surface area contributed by atoms with Crippen molar-refractivity contribution in [2.45, 2.75) is 26.8 Å². The fourth-order valence-corrected chi connectivity index (χ4v) is 3.32. The Bertz CT molecular complexity index is 1050. The predicted octanol–water partition coefficient (Wildman–Crippen LogP) is 5.49. The molecule has 0 saturated carbocycles. The van der Waals surface area contributed by atoms with Crippen molar-refractivity contribution in [2.24, 2.45) is 10.2 Å². The molecule has 0 aliphatic rings. The summed E-state index contributed by atoms with van der Waals surface area (Å²) in [5, 5.41) is 11.1. The van der Waals surface area contributed by atoms with Gasteiger partial charge in [0, 0.05) is 12.1 Å². The van der Waals surface area contributed by atoms with Crippen molar-refractivity contribution < 1.29 is 28.5 Å². The second-order valence-electron chi connectivity index (χ2n) is 6.50. The van der Waals surface area contributed by atoms with Crippen LogP contribution in [0.15, 0.2) is 34.5 Å². The summed E-state index contributed by atoms with van der Waals surface area (Å²) in [6.45, 7) is 5.55. The highest BCUT2D eigenvalue weighted by molar-refractivity contribution is 6.33. The standard InChI is InChI=1S/C22H25Cl2N3O6/c1-6-32-13-10-15(24)20(33-7-2)16(11-13)26-27-18(12(3)28)22(29)25-19-17(30-4)9-8-14(23)21(19)31-5/h8-11,18H,6-7H2,1-5H3,(H,25,29). The minimum Gasteiger partial charge on any atom is -0.494 e. The van der Waals surface area contributed by atoms with E-state index in [2.05, 4.69) is 15.5 Å². The largest absolute Gasteiger partial charge is 0.494 e. The molecule has 0 spiro atoms. The zero-order valence-corrected chi connectivity index (χ0v) is 20.4. The van der Waals surface area contributed by atoms with E-state index in [0.29, 0.717) is 24.7 Å². The number of carbonyl (C=O) groups excluding carboxylic acids is 2. The number of amides is 1. The van der Waals surface area contributed by atoms with Crippen molar-refractivity contribution in [3.63, 3.8) is 0 Å². The van der Waals surface area contributed by atoms with E-state index in [-0.39, 0.29) is 32.9 Å². The lowest BCUT2D eigenvalue weighted by Gasteiger charge is -2.16. The normalized spacial score (nSPS) is 11.7. The van der Waals surface area contributed by atoms with Gasteiger partial charge in [-0.15, -0.1) is 0 Å². The number of nitrogens with zero attached hydrogens (tertiary/aromatic N) is 2. The second kappa shape index (κ2) is 12.3. The molecule has 9 nitrogen and oxygen atoms in total. The Balaban J connectivity index is 2.42. The highest BCUT2D eigenvalue weighted by Crippen LogP contribution is 2.41. The van der Waals surface area contributed by atoms with Crippen molar-refractivity contribution in [1.29, 1.82) is 0 Å². The van der Waals surface area contributed by atoms with Crippen LogP contribution in [0.4, 0.5) is 11.4 Å². The van der Waals surface area contributed by atoms with Crippen LogP contribution in [-0.2, 0) is 9.59 Å². The van der Waals surface area contributed by atoms with Crippen molar-refractivity contribution in [2.75, 3.05) is 32.8 Å². The summed E-state index contributed by atoms with van der Waals surface area (Å²) in [4.78, 5) is 25.2. The molecule has 33 heavy (non-hydrogen) atoms. The third-order valence-corrected chi connectivity index (χ3v) is 4.83. The number of Topliss-reactive ketones (excluding diaryl/α,β-unsaturated/α-hetero) is 1. The van der Waals surface area contributed by atoms with Crippen molar-refractivity contribution >= 4 is 46.3 Å². The molecule has 2 rings (SSSR count). The smallest absolute Gasteiger partial charge is 0.259 e. The Kier molecular flexibility index (Phi) is 9.74. The van der Waals surface area contributed by atoms with Gasteiger partial charge in [-0.25, -0.2) is 0 Å². The van der Waals surface area contributed by atoms with Gasteiger partial charge in [-0.05, 0) is 32.9 Å². The monoisotopic (exact) mass is 497 g/mol. The molecular formula is C22H25Cl2N3O6. The summed E-state index contributed by atoms with van der Waals surface area (Å²) in [6, 6.07) is 4.79. The Hall–Kier alpha value is -3.04. The molecule has 1 unspecified atom stereocenters. The van der Waals surface area contributed by atoms with Crippen LogP contribution < -0.4 is 24.3 Å². The Morgan fingerprint density at radius 2 is 1.70 bits per heavy atom. The molecule has 0 radical (unpaired) electrons. The van der Waals surface area contributed by atoms with Crippen LogP contribution in [-0.4, -0.2) is 45.2 Å². The number of ketones is 1. The molecule has 178 valence electrons. The zero-order valence-electron chi connectivity index (χ0n) is 18.9. The summed E-state index contributed by atoms with van der Waals surface area (Å²) in [6.07, 6.45) is 0. The maximum absolute atomic E-state index is 12.9. The first-order valence-electron chi connectivity index (χ1n) is 9.99. The van der Waals surface area contributed by atoms with Gasteiger partial charge < -0.3 is 24.3 Å². The number of benzene rings is 2. The van der Waals surface area contributed by atoms with Crippen LogP contribution in [0.1, 0.15) is 20.8 Å². The number of nitrogens with one attached hydrogen (secondary N) is 1. The lowest BCUT2D eigenvalue weighted by molar-refractivity contribution is -0.126. The topological polar surface area (TPSA) is 108 Å². The van der Waals surface area contributed by atoms with Gasteiger partial charge in [-0.2, -0.15) is 10.2 Å². The van der Waals surface area contributed by atoms with E-state index in [0.717, 1.165) is 0 Å². The molecule has 2 aromatic carbocycles. The average Bonchev–Trinajstić information content (AvgIpc) is 2.76. The molecule has 1 N–H and O–H groups in total. The second-order valence-corrected chi connectivity index (χ2v) is 7.31. The van der Waals surface area contributed by atoms with Gasteiger partial charge in [0.25, 0.3) is 5.91 Å². The van der Waals surface area contributed by atoms with Crippen LogP contribution in [0.5, 0.6) is 23.0 Å². The lowest BCUT2D eigenvalue weighted by Crippen LogP contribution is -2.32. The van der Waals surface area contributed by atoms with Gasteiger partial charge in [0.1, 0.15) is 22.9 Å². The van der Waals surface area contributed by atoms with Gasteiger partial charge in [0.05, 0.1) is 37.5 Å². The highest BCUT2D eigenvalue weighted by atomic mass is 35.5. The fourth-order valence-electron chi connectivity index (χ4n) is 2.82. The number of azo groups is 1. The van der Waals surface area contributed by atoms with Gasteiger partial charge in [-0.1, -0.05) is 23.2 Å². The third kappa shape index (κ3) is 6.49. The third-order valence-electron chi connectivity index (χ3n) is 4.26. The molecule has 0 saturated heterocycles. The first kappa shape index (κ1) is 26.2. The van der Waals surface area contributed by atoms with Crippen molar-refractivity contribution in [3.05, 3.63) is 34.3 Å². The fraction of sp³-hybridized carbons (Fsp3) is 0.364. The summed E-state index contributed by atoms with van der Waals surface area (Å²) in [5.74, 6) is -0.127. The van der Waals surface area contributed by atoms with Crippen LogP contribution in [0.25, 0.3) is 0 Å². The van der Waals surface area contributed by atoms with Crippen molar-refractivity contribution in [1.82, 2.24) is 0 Å². The number of ether oxygens (including phenoxy) is 4. The molecule has 0 aliphatic heterocycles. The van der Waals surface area contributed by atoms with Gasteiger partial charge in [0.2, 0.25) is 6.04 Å². The molecule has 0 aliphatic carbocycles. The quantitative estimate of drug-likeness (QED) is 0.324. The van der Waals surface area contributed by atoms with E-state index in [1.807, 2.05) is 6.92 Å². The van der Waals surface area contributed by atoms with Gasteiger partial charge >= 0.3 is 0 Å². The molecule has 0 heterocycles. The van der Waals surface area contributed by atoms with Crippen LogP contribution >= 0.6 is 23.2 Å². The molecule has 1 amide bonds. The molecule has 1 atom stereocenters. The highest BCUT2D eigenvalue weighted by Gasteiger charge is 2.27. The molecule has 0 fully saturated rings. The number of anilines is 1. The molecular weight excluding hydrogens is 473 g/mol. The number of rotatable bonds is 11. The zero-order chi connectivity index (χ0) is 24.5. The summed E-state index contributed by atoms with van der Waals surface area (Å²) in [5.41, 5.74) is 0.375. The first-order chi connectivity index (χ1) is 15.8. The van der Waals surface area contributed by atoms with Crippen LogP contribution in [0.3, 0.4) is 0 Å². The van der Waals surface area contributed by atoms with Crippen LogP contribution in [0.2, 0.25) is 10.0 Å². The van der Waals surface area contributed by atoms with E-state index in [9.17, 15) is 9.59 Å². The number of carbonyl (C=O) groups is 2. The summed E-state index contributed by atoms with van der Waals surface area (Å²) >= 11 is 12.4. The number of halogens is 2. The van der Waals surface area contributed by atoms with Crippen LogP contribution in [0, 0.1) is 0 Å². The van der Waals surface area contributed by atoms with Crippen molar-refractivity contribution in [3.8, 4) is 23.0 Å². The summed E-state index contributed by atoms with van der Waals surface area (Å²) < 4.78 is 21.6. The number of hydrogen-bond acceptors (Lipinski definition) is 8. The molecule has 0 bridgehead atoms. The minimum absolute atomic E-state index is 0.162. The van der Waals surface area contributed by atoms with Gasteiger partial charge in [0.15, 0.2) is 17.3 Å². The number of hydrogen-bond donors (Lipinski definition) is 1. The SMILES string of the molecule is CCOc1cc(Cl)c(OCC)c(N=NC(C(C)=O)C(=O)Nc2c(OC)ccc(Cl)c2OC)c1.